The van der Waals surface area contributed by atoms with Crippen molar-refractivity contribution in [1.82, 2.24) is 10.6 Å². The number of carbonyl (C=O) groups is 4. The summed E-state index contributed by atoms with van der Waals surface area (Å²) in [7, 11) is 0. The third kappa shape index (κ3) is 11.1. The maximum Gasteiger partial charge on any atom is 0.408 e. The van der Waals surface area contributed by atoms with Crippen LogP contribution in [0.5, 0.6) is 0 Å². The molecule has 0 spiro atoms. The van der Waals surface area contributed by atoms with Crippen LogP contribution in [0.15, 0.2) is 91.0 Å². The van der Waals surface area contributed by atoms with Crippen molar-refractivity contribution in [2.45, 2.75) is 45.1 Å². The molecule has 204 valence electrons. The Morgan fingerprint density at radius 3 is 1.72 bits per heavy atom. The molecule has 0 saturated heterocycles. The van der Waals surface area contributed by atoms with Crippen LogP contribution >= 0.6 is 0 Å². The molecule has 0 heterocycles. The van der Waals surface area contributed by atoms with Crippen LogP contribution in [0.4, 0.5) is 4.79 Å². The Morgan fingerprint density at radius 1 is 0.667 bits per heavy atom. The molecular formula is C30H32N2O7. The molecule has 3 aromatic rings. The molecule has 0 aliphatic carbocycles. The number of rotatable bonds is 13. The van der Waals surface area contributed by atoms with E-state index in [1.165, 1.54) is 6.92 Å². The van der Waals surface area contributed by atoms with Crippen LogP contribution in [-0.2, 0) is 48.2 Å². The van der Waals surface area contributed by atoms with Crippen LogP contribution in [0.2, 0.25) is 0 Å². The number of alkyl carbamates (subject to hydrolysis) is 1. The van der Waals surface area contributed by atoms with Crippen LogP contribution < -0.4 is 10.6 Å². The van der Waals surface area contributed by atoms with E-state index in [1.54, 1.807) is 24.3 Å². The predicted molar refractivity (Wildman–Crippen MR) is 143 cm³/mol. The Hall–Kier alpha value is -4.66. The van der Waals surface area contributed by atoms with Crippen molar-refractivity contribution in [1.29, 1.82) is 0 Å². The van der Waals surface area contributed by atoms with Crippen molar-refractivity contribution in [3.05, 3.63) is 108 Å². The zero-order chi connectivity index (χ0) is 27.9. The second kappa shape index (κ2) is 15.6. The highest BCUT2D eigenvalue weighted by atomic mass is 16.6. The number of hydrogen-bond acceptors (Lipinski definition) is 7. The van der Waals surface area contributed by atoms with Gasteiger partial charge in [-0.1, -0.05) is 91.0 Å². The van der Waals surface area contributed by atoms with Crippen LogP contribution in [0.3, 0.4) is 0 Å². The summed E-state index contributed by atoms with van der Waals surface area (Å²) in [4.78, 5) is 49.9. The van der Waals surface area contributed by atoms with Gasteiger partial charge in [0, 0.05) is 6.92 Å². The van der Waals surface area contributed by atoms with Gasteiger partial charge in [0.05, 0.1) is 12.5 Å². The van der Waals surface area contributed by atoms with Crippen LogP contribution in [0.1, 0.15) is 30.0 Å². The Kier molecular flexibility index (Phi) is 11.5. The lowest BCUT2D eigenvalue weighted by molar-refractivity contribution is -0.147. The number of benzene rings is 3. The summed E-state index contributed by atoms with van der Waals surface area (Å²) in [6.45, 7) is 1.20. The Balaban J connectivity index is 1.67. The minimum absolute atomic E-state index is 0.0114. The molecule has 0 aliphatic rings. The SMILES string of the molecule is CC(=O)OC[C@H](Cc1ccccc1)NC(=O)[C@H](CC(=O)OCc1ccccc1)NC(=O)OCc1ccccc1. The topological polar surface area (TPSA) is 120 Å². The molecule has 0 aliphatic heterocycles. The van der Waals surface area contributed by atoms with Crippen molar-refractivity contribution in [3.63, 3.8) is 0 Å². The van der Waals surface area contributed by atoms with Crippen molar-refractivity contribution in [2.75, 3.05) is 6.61 Å². The predicted octanol–water partition coefficient (Wildman–Crippen LogP) is 3.71. The second-order valence-electron chi connectivity index (χ2n) is 8.81. The van der Waals surface area contributed by atoms with Gasteiger partial charge in [-0.05, 0) is 23.1 Å². The molecule has 39 heavy (non-hydrogen) atoms. The smallest absolute Gasteiger partial charge is 0.408 e. The zero-order valence-electron chi connectivity index (χ0n) is 21.7. The summed E-state index contributed by atoms with van der Waals surface area (Å²) in [5.74, 6) is -1.82. The molecule has 0 unspecified atom stereocenters. The number of nitrogens with one attached hydrogen (secondary N) is 2. The van der Waals surface area contributed by atoms with Crippen molar-refractivity contribution >= 4 is 23.9 Å². The molecule has 3 rings (SSSR count). The van der Waals surface area contributed by atoms with Gasteiger partial charge in [-0.15, -0.1) is 0 Å². The lowest BCUT2D eigenvalue weighted by Gasteiger charge is -2.23. The summed E-state index contributed by atoms with van der Waals surface area (Å²) >= 11 is 0. The van der Waals surface area contributed by atoms with Gasteiger partial charge in [0.25, 0.3) is 0 Å². The van der Waals surface area contributed by atoms with Gasteiger partial charge in [0.15, 0.2) is 0 Å². The molecule has 9 nitrogen and oxygen atoms in total. The third-order valence-corrected chi connectivity index (χ3v) is 5.59. The first-order valence-electron chi connectivity index (χ1n) is 12.5. The van der Waals surface area contributed by atoms with Crippen molar-refractivity contribution < 1.29 is 33.4 Å². The van der Waals surface area contributed by atoms with Crippen molar-refractivity contribution in [3.8, 4) is 0 Å². The maximum absolute atomic E-state index is 13.3. The molecule has 0 saturated carbocycles. The number of esters is 2. The quantitative estimate of drug-likeness (QED) is 0.254. The third-order valence-electron chi connectivity index (χ3n) is 5.59. The minimum Gasteiger partial charge on any atom is -0.464 e. The number of carbonyl (C=O) groups excluding carboxylic acids is 4. The first kappa shape index (κ1) is 28.9. The van der Waals surface area contributed by atoms with E-state index in [2.05, 4.69) is 10.6 Å². The van der Waals surface area contributed by atoms with Crippen LogP contribution in [-0.4, -0.2) is 42.6 Å². The summed E-state index contributed by atoms with van der Waals surface area (Å²) in [5, 5.41) is 5.25. The standard InChI is InChI=1S/C30H32N2O7/c1-22(33)37-21-26(17-23-11-5-2-6-12-23)31-29(35)27(18-28(34)38-19-24-13-7-3-8-14-24)32-30(36)39-20-25-15-9-4-10-16-25/h2-16,26-27H,17-21H2,1H3,(H,31,35)(H,32,36)/t26-,27-/m0/s1. The first-order chi connectivity index (χ1) is 18.9. The zero-order valence-corrected chi connectivity index (χ0v) is 21.7. The number of ether oxygens (including phenoxy) is 3. The van der Waals surface area contributed by atoms with Gasteiger partial charge in [-0.3, -0.25) is 14.4 Å². The van der Waals surface area contributed by atoms with E-state index < -0.39 is 42.4 Å². The average Bonchev–Trinajstić information content (AvgIpc) is 2.95. The molecule has 2 amide bonds. The van der Waals surface area contributed by atoms with E-state index in [1.807, 2.05) is 66.7 Å². The normalized spacial score (nSPS) is 11.9. The van der Waals surface area contributed by atoms with E-state index in [0.29, 0.717) is 6.42 Å². The highest BCUT2D eigenvalue weighted by Crippen LogP contribution is 2.08. The largest absolute Gasteiger partial charge is 0.464 e. The molecule has 9 heteroatoms. The molecule has 2 atom stereocenters. The average molecular weight is 533 g/mol. The molecule has 2 N–H and O–H groups in total. The number of hydrogen-bond donors (Lipinski definition) is 2. The Bertz CT molecular complexity index is 1150. The van der Waals surface area contributed by atoms with E-state index in [-0.39, 0.29) is 19.8 Å². The van der Waals surface area contributed by atoms with E-state index in [4.69, 9.17) is 14.2 Å². The van der Waals surface area contributed by atoms with Gasteiger partial charge in [-0.25, -0.2) is 4.79 Å². The molecule has 3 aromatic carbocycles. The molecule has 0 aromatic heterocycles. The number of amides is 2. The Labute approximate surface area is 227 Å². The highest BCUT2D eigenvalue weighted by molar-refractivity contribution is 5.89. The van der Waals surface area contributed by atoms with E-state index in [0.717, 1.165) is 16.7 Å². The fraction of sp³-hybridized carbons (Fsp3) is 0.267. The Morgan fingerprint density at radius 2 is 1.18 bits per heavy atom. The summed E-state index contributed by atoms with van der Waals surface area (Å²) < 4.78 is 15.7. The van der Waals surface area contributed by atoms with Crippen molar-refractivity contribution in [2.24, 2.45) is 0 Å². The van der Waals surface area contributed by atoms with Gasteiger partial charge in [0.2, 0.25) is 5.91 Å². The van der Waals surface area contributed by atoms with Gasteiger partial charge >= 0.3 is 18.0 Å². The summed E-state index contributed by atoms with van der Waals surface area (Å²) in [5.41, 5.74) is 2.45. The lowest BCUT2D eigenvalue weighted by Crippen LogP contribution is -2.52. The maximum atomic E-state index is 13.3. The molecular weight excluding hydrogens is 500 g/mol. The van der Waals surface area contributed by atoms with E-state index in [9.17, 15) is 19.2 Å². The van der Waals surface area contributed by atoms with Gasteiger partial charge < -0.3 is 24.8 Å². The fourth-order valence-electron chi connectivity index (χ4n) is 3.65. The highest BCUT2D eigenvalue weighted by Gasteiger charge is 2.28. The summed E-state index contributed by atoms with van der Waals surface area (Å²) in [6.07, 6.45) is -0.928. The second-order valence-corrected chi connectivity index (χ2v) is 8.81. The van der Waals surface area contributed by atoms with E-state index >= 15 is 0 Å². The first-order valence-corrected chi connectivity index (χ1v) is 12.5. The van der Waals surface area contributed by atoms with Crippen LogP contribution in [0.25, 0.3) is 0 Å². The molecule has 0 bridgehead atoms. The lowest BCUT2D eigenvalue weighted by atomic mass is 10.1. The minimum atomic E-state index is -1.29. The van der Waals surface area contributed by atoms with Gasteiger partial charge in [-0.2, -0.15) is 0 Å². The summed E-state index contributed by atoms with van der Waals surface area (Å²) in [6, 6.07) is 25.6. The fourth-order valence-corrected chi connectivity index (χ4v) is 3.65. The monoisotopic (exact) mass is 532 g/mol. The van der Waals surface area contributed by atoms with Crippen LogP contribution in [0, 0.1) is 0 Å². The van der Waals surface area contributed by atoms with Gasteiger partial charge in [0.1, 0.15) is 25.9 Å². The molecule has 0 fully saturated rings. The molecule has 0 radical (unpaired) electrons.